The molecule has 0 radical (unpaired) electrons. The summed E-state index contributed by atoms with van der Waals surface area (Å²) in [5.41, 5.74) is 2.79. The summed E-state index contributed by atoms with van der Waals surface area (Å²) < 4.78 is 11.2. The van der Waals surface area contributed by atoms with E-state index in [2.05, 4.69) is 31.2 Å². The van der Waals surface area contributed by atoms with Crippen molar-refractivity contribution in [2.45, 2.75) is 53.4 Å². The highest BCUT2D eigenvalue weighted by atomic mass is 16.5. The second-order valence-corrected chi connectivity index (χ2v) is 8.46. The van der Waals surface area contributed by atoms with Gasteiger partial charge in [-0.25, -0.2) is 0 Å². The number of nitrogens with one attached hydrogen (secondary N) is 1. The number of hydrogen-bond donors (Lipinski definition) is 1. The van der Waals surface area contributed by atoms with Crippen LogP contribution in [-0.2, 0) is 12.8 Å². The molecule has 3 rings (SSSR count). The molecule has 1 aliphatic carbocycles. The zero-order chi connectivity index (χ0) is 19.4. The lowest BCUT2D eigenvalue weighted by Gasteiger charge is -2.33. The van der Waals surface area contributed by atoms with E-state index in [1.165, 1.54) is 0 Å². The predicted octanol–water partition coefficient (Wildman–Crippen LogP) is 4.33. The number of benzene rings is 1. The van der Waals surface area contributed by atoms with Crippen LogP contribution in [0.3, 0.4) is 0 Å². The summed E-state index contributed by atoms with van der Waals surface area (Å²) in [7, 11) is 0. The quantitative estimate of drug-likeness (QED) is 0.769. The van der Waals surface area contributed by atoms with Crippen molar-refractivity contribution in [3.05, 3.63) is 46.8 Å². The summed E-state index contributed by atoms with van der Waals surface area (Å²) in [6.07, 6.45) is 3.55. The Bertz CT molecular complexity index is 789. The molecule has 0 saturated carbocycles. The average molecular weight is 370 g/mol. The van der Waals surface area contributed by atoms with Gasteiger partial charge in [0.2, 0.25) is 0 Å². The van der Waals surface area contributed by atoms with Gasteiger partial charge >= 0.3 is 0 Å². The van der Waals surface area contributed by atoms with Crippen molar-refractivity contribution in [3.8, 4) is 5.75 Å². The maximum absolute atomic E-state index is 12.5. The van der Waals surface area contributed by atoms with E-state index >= 15 is 0 Å². The van der Waals surface area contributed by atoms with Crippen LogP contribution in [0.2, 0.25) is 0 Å². The Kier molecular flexibility index (Phi) is 5.88. The number of carbonyl (C=O) groups excluding carboxylic acids is 1. The maximum atomic E-state index is 12.5. The molecule has 1 heterocycles. The third-order valence-electron chi connectivity index (χ3n) is 5.44. The largest absolute Gasteiger partial charge is 0.493 e. The van der Waals surface area contributed by atoms with E-state index in [0.29, 0.717) is 24.8 Å². The normalized spacial score (nSPS) is 16.7. The fourth-order valence-electron chi connectivity index (χ4n) is 3.58. The predicted molar refractivity (Wildman–Crippen MR) is 105 cm³/mol. The first-order valence-corrected chi connectivity index (χ1v) is 9.80. The van der Waals surface area contributed by atoms with Gasteiger partial charge in [-0.2, -0.15) is 0 Å². The Morgan fingerprint density at radius 3 is 2.85 bits per heavy atom. The number of rotatable bonds is 6. The molecule has 146 valence electrons. The monoisotopic (exact) mass is 370 g/mol. The number of nitrogens with zero attached hydrogens (tertiary/aromatic N) is 1. The minimum Gasteiger partial charge on any atom is -0.493 e. The molecule has 0 spiro atoms. The van der Waals surface area contributed by atoms with Crippen molar-refractivity contribution in [2.75, 3.05) is 13.2 Å². The zero-order valence-corrected chi connectivity index (χ0v) is 16.8. The smallest absolute Gasteiger partial charge is 0.273 e. The molecule has 1 aliphatic rings. The lowest BCUT2D eigenvalue weighted by Crippen LogP contribution is -2.30. The molecule has 5 heteroatoms. The fraction of sp³-hybridized carbons (Fsp3) is 0.545. The number of hydrogen-bond acceptors (Lipinski definition) is 4. The van der Waals surface area contributed by atoms with Crippen LogP contribution in [0.1, 0.15) is 61.0 Å². The van der Waals surface area contributed by atoms with Gasteiger partial charge in [0.25, 0.3) is 5.91 Å². The van der Waals surface area contributed by atoms with E-state index in [-0.39, 0.29) is 11.3 Å². The van der Waals surface area contributed by atoms with Gasteiger partial charge in [0, 0.05) is 18.5 Å². The molecule has 1 aromatic carbocycles. The molecular weight excluding hydrogens is 340 g/mol. The standard InChI is InChI=1S/C22H30N2O3/c1-15-8-5-6-9-18(15)26-13-7-12-23-21(25)20-17-14-16(22(2,3)4)10-11-19(17)27-24-20/h5-6,8-9,16H,7,10-14H2,1-4H3,(H,23,25). The Morgan fingerprint density at radius 2 is 2.11 bits per heavy atom. The van der Waals surface area contributed by atoms with E-state index in [9.17, 15) is 4.79 Å². The highest BCUT2D eigenvalue weighted by molar-refractivity contribution is 5.93. The molecule has 1 aromatic heterocycles. The van der Waals surface area contributed by atoms with E-state index in [1.54, 1.807) is 0 Å². The van der Waals surface area contributed by atoms with E-state index in [4.69, 9.17) is 9.26 Å². The van der Waals surface area contributed by atoms with Gasteiger partial charge in [-0.3, -0.25) is 4.79 Å². The van der Waals surface area contributed by atoms with Gasteiger partial charge in [0.1, 0.15) is 11.5 Å². The fourth-order valence-corrected chi connectivity index (χ4v) is 3.58. The van der Waals surface area contributed by atoms with Crippen LogP contribution in [0.5, 0.6) is 5.75 Å². The molecule has 1 unspecified atom stereocenters. The summed E-state index contributed by atoms with van der Waals surface area (Å²) >= 11 is 0. The number of para-hydroxylation sites is 1. The van der Waals surface area contributed by atoms with Gasteiger partial charge in [-0.05, 0) is 49.1 Å². The summed E-state index contributed by atoms with van der Waals surface area (Å²) in [5, 5.41) is 7.00. The molecule has 1 amide bonds. The SMILES string of the molecule is Cc1ccccc1OCCCNC(=O)c1noc2c1CC(C(C)(C)C)CC2. The number of aryl methyl sites for hydroxylation is 2. The first-order chi connectivity index (χ1) is 12.9. The molecular formula is C22H30N2O3. The lowest BCUT2D eigenvalue weighted by atomic mass is 9.71. The van der Waals surface area contributed by atoms with Crippen LogP contribution in [0, 0.1) is 18.3 Å². The number of carbonyl (C=O) groups is 1. The van der Waals surface area contributed by atoms with Gasteiger partial charge in [0.15, 0.2) is 5.69 Å². The van der Waals surface area contributed by atoms with E-state index < -0.39 is 0 Å². The van der Waals surface area contributed by atoms with E-state index in [0.717, 1.165) is 48.3 Å². The van der Waals surface area contributed by atoms with Gasteiger partial charge in [0.05, 0.1) is 6.61 Å². The van der Waals surface area contributed by atoms with E-state index in [1.807, 2.05) is 31.2 Å². The van der Waals surface area contributed by atoms with Crippen LogP contribution in [0.15, 0.2) is 28.8 Å². The Balaban J connectivity index is 1.50. The van der Waals surface area contributed by atoms with Crippen molar-refractivity contribution in [2.24, 2.45) is 11.3 Å². The number of aromatic nitrogens is 1. The van der Waals surface area contributed by atoms with Gasteiger partial charge in [-0.15, -0.1) is 0 Å². The minimum absolute atomic E-state index is 0.148. The number of fused-ring (bicyclic) bond motifs is 1. The second-order valence-electron chi connectivity index (χ2n) is 8.46. The Hall–Kier alpha value is -2.30. The summed E-state index contributed by atoms with van der Waals surface area (Å²) in [6.45, 7) is 9.90. The van der Waals surface area contributed by atoms with Crippen LogP contribution in [0.4, 0.5) is 0 Å². The Morgan fingerprint density at radius 1 is 1.33 bits per heavy atom. The summed E-state index contributed by atoms with van der Waals surface area (Å²) in [5.74, 6) is 2.16. The van der Waals surface area contributed by atoms with Crippen LogP contribution in [-0.4, -0.2) is 24.2 Å². The molecule has 0 fully saturated rings. The second kappa shape index (κ2) is 8.15. The third kappa shape index (κ3) is 4.71. The van der Waals surface area contributed by atoms with Gasteiger partial charge < -0.3 is 14.6 Å². The van der Waals surface area contributed by atoms with Crippen LogP contribution >= 0.6 is 0 Å². The number of amides is 1. The molecule has 0 bridgehead atoms. The molecule has 2 aromatic rings. The molecule has 0 aliphatic heterocycles. The van der Waals surface area contributed by atoms with Crippen molar-refractivity contribution >= 4 is 5.91 Å². The first-order valence-electron chi connectivity index (χ1n) is 9.80. The third-order valence-corrected chi connectivity index (χ3v) is 5.44. The molecule has 27 heavy (non-hydrogen) atoms. The van der Waals surface area contributed by atoms with Crippen LogP contribution in [0.25, 0.3) is 0 Å². The van der Waals surface area contributed by atoms with Crippen molar-refractivity contribution in [1.29, 1.82) is 0 Å². The Labute approximate surface area is 161 Å². The minimum atomic E-state index is -0.148. The highest BCUT2D eigenvalue weighted by Gasteiger charge is 2.34. The van der Waals surface area contributed by atoms with Gasteiger partial charge in [-0.1, -0.05) is 44.1 Å². The number of ether oxygens (including phenoxy) is 1. The maximum Gasteiger partial charge on any atom is 0.273 e. The summed E-state index contributed by atoms with van der Waals surface area (Å²) in [4.78, 5) is 12.5. The first kappa shape index (κ1) is 19.5. The topological polar surface area (TPSA) is 64.4 Å². The molecule has 1 atom stereocenters. The molecule has 1 N–H and O–H groups in total. The van der Waals surface area contributed by atoms with Crippen molar-refractivity contribution < 1.29 is 14.1 Å². The molecule has 0 saturated heterocycles. The lowest BCUT2D eigenvalue weighted by molar-refractivity contribution is 0.0941. The van der Waals surface area contributed by atoms with Crippen molar-refractivity contribution in [3.63, 3.8) is 0 Å². The van der Waals surface area contributed by atoms with Crippen molar-refractivity contribution in [1.82, 2.24) is 10.5 Å². The summed E-state index contributed by atoms with van der Waals surface area (Å²) in [6, 6.07) is 7.94. The molecule has 5 nitrogen and oxygen atoms in total. The highest BCUT2D eigenvalue weighted by Crippen LogP contribution is 2.38. The zero-order valence-electron chi connectivity index (χ0n) is 16.8. The average Bonchev–Trinajstić information content (AvgIpc) is 3.05. The van der Waals surface area contributed by atoms with Crippen LogP contribution < -0.4 is 10.1 Å².